The topological polar surface area (TPSA) is 94.0 Å². The summed E-state index contributed by atoms with van der Waals surface area (Å²) in [5.41, 5.74) is 4.92. The summed E-state index contributed by atoms with van der Waals surface area (Å²) in [4.78, 5) is 18.8. The zero-order valence-electron chi connectivity index (χ0n) is 8.04. The number of aliphatic hydroxyl groups excluding tert-OH is 1. The maximum atomic E-state index is 11.5. The molecule has 0 amide bonds. The number of nitrogens with zero attached hydrogens (tertiary/aromatic N) is 3. The van der Waals surface area contributed by atoms with Crippen molar-refractivity contribution < 1.29 is 5.11 Å². The Morgan fingerprint density at radius 1 is 1.67 bits per heavy atom. The van der Waals surface area contributed by atoms with Crippen molar-refractivity contribution in [2.45, 2.75) is 23.5 Å². The molecular weight excluding hydrogens is 216 g/mol. The van der Waals surface area contributed by atoms with E-state index in [0.717, 1.165) is 12.8 Å². The molecular formula is C8H12N4O2S. The molecule has 2 unspecified atom stereocenters. The van der Waals surface area contributed by atoms with Crippen molar-refractivity contribution in [2.75, 3.05) is 12.3 Å². The molecule has 1 fully saturated rings. The molecule has 0 saturated carbocycles. The summed E-state index contributed by atoms with van der Waals surface area (Å²) in [5, 5.41) is 9.22. The van der Waals surface area contributed by atoms with E-state index in [2.05, 4.69) is 9.97 Å². The highest BCUT2D eigenvalue weighted by atomic mass is 32.2. The van der Waals surface area contributed by atoms with Crippen LogP contribution in [0.3, 0.4) is 0 Å². The molecule has 0 aromatic carbocycles. The van der Waals surface area contributed by atoms with Crippen LogP contribution in [-0.4, -0.2) is 31.5 Å². The first-order valence-corrected chi connectivity index (χ1v) is 5.62. The molecule has 0 aliphatic carbocycles. The van der Waals surface area contributed by atoms with Crippen LogP contribution in [0.1, 0.15) is 18.2 Å². The van der Waals surface area contributed by atoms with Gasteiger partial charge < -0.3 is 10.8 Å². The second-order valence-corrected chi connectivity index (χ2v) is 4.86. The first-order valence-electron chi connectivity index (χ1n) is 4.67. The molecule has 82 valence electrons. The van der Waals surface area contributed by atoms with Gasteiger partial charge in [-0.3, -0.25) is 4.57 Å². The normalized spacial score (nSPS) is 25.7. The molecule has 2 atom stereocenters. The van der Waals surface area contributed by atoms with Crippen molar-refractivity contribution in [1.29, 1.82) is 0 Å². The van der Waals surface area contributed by atoms with Gasteiger partial charge in [0.15, 0.2) is 0 Å². The van der Waals surface area contributed by atoms with Crippen molar-refractivity contribution in [3.8, 4) is 0 Å². The summed E-state index contributed by atoms with van der Waals surface area (Å²) in [5.74, 6) is -0.00189. The lowest BCUT2D eigenvalue weighted by Crippen LogP contribution is -2.26. The van der Waals surface area contributed by atoms with Gasteiger partial charge >= 0.3 is 5.69 Å². The van der Waals surface area contributed by atoms with Crippen LogP contribution < -0.4 is 11.4 Å². The largest absolute Gasteiger partial charge is 0.395 e. The Morgan fingerprint density at radius 2 is 2.47 bits per heavy atom. The third-order valence-electron chi connectivity index (χ3n) is 2.34. The summed E-state index contributed by atoms with van der Waals surface area (Å²) in [7, 11) is 0. The number of thioether (sulfide) groups is 1. The summed E-state index contributed by atoms with van der Waals surface area (Å²) < 4.78 is 1.47. The summed E-state index contributed by atoms with van der Waals surface area (Å²) in [6.07, 6.45) is 3.17. The molecule has 0 bridgehead atoms. The second kappa shape index (κ2) is 4.19. The lowest BCUT2D eigenvalue weighted by atomic mass is 10.2. The van der Waals surface area contributed by atoms with E-state index >= 15 is 0 Å². The first kappa shape index (κ1) is 10.4. The van der Waals surface area contributed by atoms with Crippen molar-refractivity contribution in [3.63, 3.8) is 0 Å². The fraction of sp³-hybridized carbons (Fsp3) is 0.625. The molecule has 3 N–H and O–H groups in total. The Morgan fingerprint density at radius 3 is 3.07 bits per heavy atom. The zero-order valence-corrected chi connectivity index (χ0v) is 8.85. The molecule has 1 aliphatic rings. The van der Waals surface area contributed by atoms with E-state index in [4.69, 9.17) is 10.8 Å². The number of rotatable bonds is 2. The van der Waals surface area contributed by atoms with E-state index in [0.29, 0.717) is 0 Å². The Kier molecular flexibility index (Phi) is 2.92. The molecule has 7 heteroatoms. The number of anilines is 1. The van der Waals surface area contributed by atoms with Crippen LogP contribution in [0.15, 0.2) is 11.1 Å². The van der Waals surface area contributed by atoms with Crippen molar-refractivity contribution in [1.82, 2.24) is 14.5 Å². The van der Waals surface area contributed by atoms with Gasteiger partial charge in [0, 0.05) is 5.25 Å². The van der Waals surface area contributed by atoms with E-state index in [1.807, 2.05) is 0 Å². The van der Waals surface area contributed by atoms with Crippen LogP contribution >= 0.6 is 11.8 Å². The highest BCUT2D eigenvalue weighted by Gasteiger charge is 2.26. The molecule has 1 aliphatic heterocycles. The molecule has 15 heavy (non-hydrogen) atoms. The van der Waals surface area contributed by atoms with Crippen LogP contribution in [-0.2, 0) is 0 Å². The summed E-state index contributed by atoms with van der Waals surface area (Å²) in [6, 6.07) is 0. The van der Waals surface area contributed by atoms with Crippen LogP contribution in [0, 0.1) is 0 Å². The number of aromatic nitrogens is 3. The maximum absolute atomic E-state index is 11.5. The Hall–Kier alpha value is -1.08. The number of hydrogen-bond acceptors (Lipinski definition) is 6. The predicted octanol–water partition coefficient (Wildman–Crippen LogP) is -0.393. The van der Waals surface area contributed by atoms with Crippen LogP contribution in [0.5, 0.6) is 0 Å². The average molecular weight is 228 g/mol. The van der Waals surface area contributed by atoms with Crippen molar-refractivity contribution in [3.05, 3.63) is 16.8 Å². The van der Waals surface area contributed by atoms with E-state index < -0.39 is 0 Å². The second-order valence-electron chi connectivity index (χ2n) is 3.38. The van der Waals surface area contributed by atoms with Crippen LogP contribution in [0.25, 0.3) is 0 Å². The molecule has 1 aromatic heterocycles. The average Bonchev–Trinajstić information content (AvgIpc) is 2.66. The van der Waals surface area contributed by atoms with Crippen LogP contribution in [0.2, 0.25) is 0 Å². The monoisotopic (exact) mass is 228 g/mol. The van der Waals surface area contributed by atoms with Crippen molar-refractivity contribution >= 4 is 17.7 Å². The van der Waals surface area contributed by atoms with Gasteiger partial charge in [-0.05, 0) is 12.8 Å². The number of aliphatic hydroxyl groups is 1. The highest BCUT2D eigenvalue weighted by Crippen LogP contribution is 2.39. The highest BCUT2D eigenvalue weighted by molar-refractivity contribution is 8.00. The Bertz CT molecular complexity index is 408. The van der Waals surface area contributed by atoms with E-state index in [9.17, 15) is 4.79 Å². The smallest absolute Gasteiger partial charge is 0.353 e. The molecule has 6 nitrogen and oxygen atoms in total. The van der Waals surface area contributed by atoms with Gasteiger partial charge in [0.05, 0.1) is 12.0 Å². The Balaban J connectivity index is 2.20. The first-order chi connectivity index (χ1) is 7.20. The maximum Gasteiger partial charge on any atom is 0.353 e. The number of hydrogen-bond donors (Lipinski definition) is 2. The van der Waals surface area contributed by atoms with Crippen LogP contribution in [0.4, 0.5) is 5.95 Å². The van der Waals surface area contributed by atoms with Gasteiger partial charge in [-0.1, -0.05) is 0 Å². The minimum atomic E-state index is -0.376. The lowest BCUT2D eigenvalue weighted by Gasteiger charge is -2.11. The summed E-state index contributed by atoms with van der Waals surface area (Å²) >= 11 is 1.58. The Labute approximate surface area is 90.5 Å². The number of nitrogens with two attached hydrogens (primary N) is 1. The molecule has 1 aromatic rings. The van der Waals surface area contributed by atoms with Gasteiger partial charge in [-0.25, -0.2) is 9.78 Å². The van der Waals surface area contributed by atoms with Gasteiger partial charge in [0.1, 0.15) is 6.33 Å². The van der Waals surface area contributed by atoms with Gasteiger partial charge in [0.25, 0.3) is 0 Å². The predicted molar refractivity (Wildman–Crippen MR) is 57.4 cm³/mol. The molecule has 2 heterocycles. The fourth-order valence-electron chi connectivity index (χ4n) is 1.58. The van der Waals surface area contributed by atoms with E-state index in [1.165, 1.54) is 10.9 Å². The lowest BCUT2D eigenvalue weighted by molar-refractivity contribution is 0.292. The summed E-state index contributed by atoms with van der Waals surface area (Å²) in [6.45, 7) is 0.145. The molecule has 0 spiro atoms. The molecule has 1 saturated heterocycles. The number of nitrogen functional groups attached to an aromatic ring is 1. The third kappa shape index (κ3) is 2.13. The van der Waals surface area contributed by atoms with Gasteiger partial charge in [0.2, 0.25) is 5.95 Å². The zero-order chi connectivity index (χ0) is 10.8. The fourth-order valence-corrected chi connectivity index (χ4v) is 2.93. The molecule has 0 radical (unpaired) electrons. The minimum absolute atomic E-state index is 0.00189. The van der Waals surface area contributed by atoms with Gasteiger partial charge in [-0.2, -0.15) is 4.98 Å². The van der Waals surface area contributed by atoms with Crippen molar-refractivity contribution in [2.24, 2.45) is 0 Å². The van der Waals surface area contributed by atoms with Gasteiger partial charge in [-0.15, -0.1) is 11.8 Å². The third-order valence-corrected chi connectivity index (χ3v) is 3.89. The van der Waals surface area contributed by atoms with E-state index in [-0.39, 0.29) is 28.9 Å². The van der Waals surface area contributed by atoms with E-state index in [1.54, 1.807) is 11.8 Å². The SMILES string of the molecule is Nc1ncn(C2CCC(CO)S2)c(=O)n1. The molecule has 2 rings (SSSR count). The minimum Gasteiger partial charge on any atom is -0.395 e. The quantitative estimate of drug-likeness (QED) is 0.715. The standard InChI is InChI=1S/C8H12N4O2S/c9-7-10-4-12(8(14)11-7)6-2-1-5(3-13)15-6/h4-6,13H,1-3H2,(H2,9,11,14).